The van der Waals surface area contributed by atoms with Gasteiger partial charge in [-0.05, 0) is 24.7 Å². The monoisotopic (exact) mass is 211 g/mol. The average Bonchev–Trinajstić information content (AvgIpc) is 2.18. The van der Waals surface area contributed by atoms with Gasteiger partial charge in [0.25, 0.3) is 0 Å². The molecule has 0 aliphatic carbocycles. The minimum Gasteiger partial charge on any atom is -0.343 e. The van der Waals surface area contributed by atoms with Gasteiger partial charge in [-0.25, -0.2) is 0 Å². The molecule has 1 rings (SSSR count). The zero-order chi connectivity index (χ0) is 11.3. The van der Waals surface area contributed by atoms with Crippen LogP contribution < -0.4 is 0 Å². The van der Waals surface area contributed by atoms with Gasteiger partial charge >= 0.3 is 0 Å². The van der Waals surface area contributed by atoms with Crippen molar-refractivity contribution in [3.05, 3.63) is 0 Å². The summed E-state index contributed by atoms with van der Waals surface area (Å²) in [4.78, 5) is 13.1. The van der Waals surface area contributed by atoms with Gasteiger partial charge in [-0.15, -0.1) is 0 Å². The summed E-state index contributed by atoms with van der Waals surface area (Å²) in [5.74, 6) is 1.96. The molecular weight excluding hydrogens is 186 g/mol. The average molecular weight is 211 g/mol. The van der Waals surface area contributed by atoms with Gasteiger partial charge in [-0.3, -0.25) is 4.79 Å². The van der Waals surface area contributed by atoms with Crippen LogP contribution in [0.2, 0.25) is 0 Å². The van der Waals surface area contributed by atoms with E-state index in [2.05, 4.69) is 13.8 Å². The second-order valence-corrected chi connectivity index (χ2v) is 5.27. The van der Waals surface area contributed by atoms with Gasteiger partial charge in [0.15, 0.2) is 0 Å². The van der Waals surface area contributed by atoms with Crippen LogP contribution in [0.5, 0.6) is 0 Å². The first-order chi connectivity index (χ1) is 7.09. The summed E-state index contributed by atoms with van der Waals surface area (Å²) in [6.07, 6.45) is 6.52. The summed E-state index contributed by atoms with van der Waals surface area (Å²) in [6.45, 7) is 8.24. The first-order valence-electron chi connectivity index (χ1n) is 6.35. The van der Waals surface area contributed by atoms with Gasteiger partial charge in [0.05, 0.1) is 0 Å². The standard InChI is InChI=1S/C13H25NO/c1-11(2)5-4-6-13-7-9-14(10-8-13)12(3)15/h11,13H,4-10H2,1-3H3. The van der Waals surface area contributed by atoms with Gasteiger partial charge < -0.3 is 4.90 Å². The van der Waals surface area contributed by atoms with Crippen molar-refractivity contribution < 1.29 is 4.79 Å². The summed E-state index contributed by atoms with van der Waals surface area (Å²) < 4.78 is 0. The van der Waals surface area contributed by atoms with E-state index in [4.69, 9.17) is 0 Å². The Kier molecular flexibility index (Phi) is 5.13. The summed E-state index contributed by atoms with van der Waals surface area (Å²) in [5, 5.41) is 0. The van der Waals surface area contributed by atoms with Crippen molar-refractivity contribution in [3.8, 4) is 0 Å². The number of hydrogen-bond acceptors (Lipinski definition) is 1. The Morgan fingerprint density at radius 2 is 1.93 bits per heavy atom. The number of rotatable bonds is 4. The largest absolute Gasteiger partial charge is 0.343 e. The van der Waals surface area contributed by atoms with E-state index in [9.17, 15) is 4.79 Å². The quantitative estimate of drug-likeness (QED) is 0.700. The summed E-state index contributed by atoms with van der Waals surface area (Å²) >= 11 is 0. The highest BCUT2D eigenvalue weighted by atomic mass is 16.2. The Morgan fingerprint density at radius 3 is 2.40 bits per heavy atom. The molecule has 2 nitrogen and oxygen atoms in total. The first-order valence-corrected chi connectivity index (χ1v) is 6.35. The number of amides is 1. The van der Waals surface area contributed by atoms with Crippen LogP contribution in [0.15, 0.2) is 0 Å². The van der Waals surface area contributed by atoms with Crippen LogP contribution in [0, 0.1) is 11.8 Å². The summed E-state index contributed by atoms with van der Waals surface area (Å²) in [6, 6.07) is 0. The Hall–Kier alpha value is -0.530. The number of carbonyl (C=O) groups is 1. The topological polar surface area (TPSA) is 20.3 Å². The Labute approximate surface area is 94.0 Å². The second-order valence-electron chi connectivity index (χ2n) is 5.27. The molecule has 0 bridgehead atoms. The van der Waals surface area contributed by atoms with Crippen molar-refractivity contribution in [3.63, 3.8) is 0 Å². The minimum absolute atomic E-state index is 0.246. The van der Waals surface area contributed by atoms with E-state index in [1.807, 2.05) is 4.90 Å². The van der Waals surface area contributed by atoms with E-state index in [1.54, 1.807) is 6.92 Å². The Balaban J connectivity index is 2.12. The highest BCUT2D eigenvalue weighted by Gasteiger charge is 2.19. The SMILES string of the molecule is CC(=O)N1CCC(CCCC(C)C)CC1. The maximum absolute atomic E-state index is 11.1. The first kappa shape index (κ1) is 12.5. The van der Waals surface area contributed by atoms with E-state index >= 15 is 0 Å². The van der Waals surface area contributed by atoms with E-state index in [0.717, 1.165) is 24.9 Å². The minimum atomic E-state index is 0.246. The predicted molar refractivity (Wildman–Crippen MR) is 63.7 cm³/mol. The number of likely N-dealkylation sites (tertiary alicyclic amines) is 1. The molecule has 1 amide bonds. The highest BCUT2D eigenvalue weighted by Crippen LogP contribution is 2.23. The van der Waals surface area contributed by atoms with Crippen molar-refractivity contribution in [1.82, 2.24) is 4.90 Å². The molecule has 1 heterocycles. The Morgan fingerprint density at radius 1 is 1.33 bits per heavy atom. The number of carbonyl (C=O) groups excluding carboxylic acids is 1. The normalized spacial score (nSPS) is 18.5. The zero-order valence-electron chi connectivity index (χ0n) is 10.5. The molecule has 0 N–H and O–H groups in total. The molecule has 0 atom stereocenters. The van der Waals surface area contributed by atoms with Crippen molar-refractivity contribution >= 4 is 5.91 Å². The number of piperidine rings is 1. The van der Waals surface area contributed by atoms with Crippen LogP contribution in [-0.4, -0.2) is 23.9 Å². The van der Waals surface area contributed by atoms with Crippen molar-refractivity contribution in [2.45, 2.75) is 52.9 Å². The van der Waals surface area contributed by atoms with Crippen LogP contribution in [-0.2, 0) is 4.79 Å². The third-order valence-corrected chi connectivity index (χ3v) is 3.45. The zero-order valence-corrected chi connectivity index (χ0v) is 10.5. The molecule has 0 spiro atoms. The lowest BCUT2D eigenvalue weighted by Gasteiger charge is -2.31. The third kappa shape index (κ3) is 4.67. The lowest BCUT2D eigenvalue weighted by molar-refractivity contribution is -0.130. The fourth-order valence-electron chi connectivity index (χ4n) is 2.35. The van der Waals surface area contributed by atoms with E-state index in [-0.39, 0.29) is 5.91 Å². The van der Waals surface area contributed by atoms with Crippen molar-refractivity contribution in [2.75, 3.05) is 13.1 Å². The second kappa shape index (κ2) is 6.14. The predicted octanol–water partition coefficient (Wildman–Crippen LogP) is 3.07. The fraction of sp³-hybridized carbons (Fsp3) is 0.923. The summed E-state index contributed by atoms with van der Waals surface area (Å²) in [5.41, 5.74) is 0. The number of nitrogens with zero attached hydrogens (tertiary/aromatic N) is 1. The van der Waals surface area contributed by atoms with Crippen molar-refractivity contribution in [2.24, 2.45) is 11.8 Å². The maximum Gasteiger partial charge on any atom is 0.219 e. The molecule has 0 unspecified atom stereocenters. The van der Waals surface area contributed by atoms with E-state index < -0.39 is 0 Å². The van der Waals surface area contributed by atoms with Gasteiger partial charge in [0.2, 0.25) is 5.91 Å². The Bertz CT molecular complexity index is 193. The molecule has 1 fully saturated rings. The van der Waals surface area contributed by atoms with Crippen LogP contribution in [0.4, 0.5) is 0 Å². The lowest BCUT2D eigenvalue weighted by atomic mass is 9.90. The molecule has 0 aromatic rings. The van der Waals surface area contributed by atoms with Gasteiger partial charge in [-0.1, -0.05) is 33.1 Å². The van der Waals surface area contributed by atoms with Gasteiger partial charge in [0.1, 0.15) is 0 Å². The smallest absolute Gasteiger partial charge is 0.219 e. The van der Waals surface area contributed by atoms with Crippen LogP contribution in [0.25, 0.3) is 0 Å². The summed E-state index contributed by atoms with van der Waals surface area (Å²) in [7, 11) is 0. The molecule has 2 heteroatoms. The van der Waals surface area contributed by atoms with E-state index in [0.29, 0.717) is 0 Å². The van der Waals surface area contributed by atoms with Gasteiger partial charge in [-0.2, -0.15) is 0 Å². The molecule has 1 aliphatic rings. The third-order valence-electron chi connectivity index (χ3n) is 3.45. The van der Waals surface area contributed by atoms with Gasteiger partial charge in [0, 0.05) is 20.0 Å². The fourth-order valence-corrected chi connectivity index (χ4v) is 2.35. The van der Waals surface area contributed by atoms with Crippen molar-refractivity contribution in [1.29, 1.82) is 0 Å². The molecule has 0 saturated carbocycles. The van der Waals surface area contributed by atoms with Crippen LogP contribution in [0.3, 0.4) is 0 Å². The lowest BCUT2D eigenvalue weighted by Crippen LogP contribution is -2.36. The molecule has 0 aromatic carbocycles. The molecule has 0 radical (unpaired) electrons. The highest BCUT2D eigenvalue weighted by molar-refractivity contribution is 5.73. The van der Waals surface area contributed by atoms with E-state index in [1.165, 1.54) is 32.1 Å². The molecule has 0 aromatic heterocycles. The maximum atomic E-state index is 11.1. The molecule has 1 saturated heterocycles. The van der Waals surface area contributed by atoms with Crippen LogP contribution in [0.1, 0.15) is 52.9 Å². The molecule has 88 valence electrons. The molecular formula is C13H25NO. The molecule has 1 aliphatic heterocycles. The van der Waals surface area contributed by atoms with Crippen LogP contribution >= 0.6 is 0 Å². The molecule has 15 heavy (non-hydrogen) atoms. The number of hydrogen-bond donors (Lipinski definition) is 0.